The molecule has 5 rings (SSSR count). The van der Waals surface area contributed by atoms with Crippen molar-refractivity contribution in [2.45, 2.75) is 0 Å². The van der Waals surface area contributed by atoms with Crippen LogP contribution < -0.4 is 10.2 Å². The zero-order valence-corrected chi connectivity index (χ0v) is 20.7. The van der Waals surface area contributed by atoms with E-state index in [2.05, 4.69) is 15.3 Å². The predicted octanol–water partition coefficient (Wildman–Crippen LogP) is 4.09. The summed E-state index contributed by atoms with van der Waals surface area (Å²) in [5.74, 6) is -0.502. The second-order valence-corrected chi connectivity index (χ2v) is 8.90. The number of amides is 2. The number of nitrogens with one attached hydrogen (secondary N) is 1. The number of rotatable bonds is 7. The lowest BCUT2D eigenvalue weighted by molar-refractivity contribution is -0.116. The van der Waals surface area contributed by atoms with E-state index in [0.29, 0.717) is 11.3 Å². The van der Waals surface area contributed by atoms with Crippen molar-refractivity contribution in [2.24, 2.45) is 0 Å². The summed E-state index contributed by atoms with van der Waals surface area (Å²) in [6.45, 7) is 3.09. The molecule has 1 saturated heterocycles. The summed E-state index contributed by atoms with van der Waals surface area (Å²) in [4.78, 5) is 29.5. The summed E-state index contributed by atoms with van der Waals surface area (Å²) in [6, 6.07) is 26.9. The number of anilines is 2. The molecule has 1 aromatic heterocycles. The largest absolute Gasteiger partial charge is 0.378 e. The fourth-order valence-corrected chi connectivity index (χ4v) is 4.39. The molecule has 0 saturated carbocycles. The van der Waals surface area contributed by atoms with Gasteiger partial charge >= 0.3 is 0 Å². The predicted molar refractivity (Wildman–Crippen MR) is 144 cm³/mol. The number of likely N-dealkylation sites (N-methyl/N-ethyl adjacent to an activating group) is 1. The Bertz CT molecular complexity index is 1360. The van der Waals surface area contributed by atoms with Crippen molar-refractivity contribution in [1.29, 1.82) is 0 Å². The number of benzene rings is 3. The summed E-state index contributed by atoms with van der Waals surface area (Å²) in [6.07, 6.45) is 1.74. The second-order valence-electron chi connectivity index (χ2n) is 8.90. The fraction of sp³-hybridized carbons (Fsp3) is 0.207. The summed E-state index contributed by atoms with van der Waals surface area (Å²) in [5, 5.41) is 7.34. The van der Waals surface area contributed by atoms with Gasteiger partial charge in [-0.1, -0.05) is 36.4 Å². The van der Waals surface area contributed by atoms with Crippen molar-refractivity contribution in [1.82, 2.24) is 14.7 Å². The van der Waals surface area contributed by atoms with E-state index in [0.717, 1.165) is 48.9 Å². The Hall–Kier alpha value is -4.43. The molecule has 1 N–H and O–H groups in total. The van der Waals surface area contributed by atoms with E-state index >= 15 is 0 Å². The molecule has 8 heteroatoms. The Morgan fingerprint density at radius 3 is 2.43 bits per heavy atom. The van der Waals surface area contributed by atoms with Crippen molar-refractivity contribution in [3.8, 4) is 16.9 Å². The highest BCUT2D eigenvalue weighted by molar-refractivity contribution is 5.99. The van der Waals surface area contributed by atoms with E-state index in [9.17, 15) is 9.59 Å². The van der Waals surface area contributed by atoms with Gasteiger partial charge < -0.3 is 19.9 Å². The van der Waals surface area contributed by atoms with Crippen LogP contribution in [0, 0.1) is 0 Å². The second kappa shape index (κ2) is 11.1. The Kier molecular flexibility index (Phi) is 7.28. The van der Waals surface area contributed by atoms with Gasteiger partial charge in [-0.15, -0.1) is 0 Å². The maximum atomic E-state index is 13.1. The summed E-state index contributed by atoms with van der Waals surface area (Å²) >= 11 is 0. The van der Waals surface area contributed by atoms with Crippen LogP contribution >= 0.6 is 0 Å². The number of carbonyl (C=O) groups excluding carboxylic acids is 2. The molecular weight excluding hydrogens is 466 g/mol. The monoisotopic (exact) mass is 495 g/mol. The van der Waals surface area contributed by atoms with E-state index in [1.807, 2.05) is 72.8 Å². The molecule has 0 radical (unpaired) electrons. The molecule has 3 aromatic carbocycles. The molecule has 0 bridgehead atoms. The number of hydrogen-bond acceptors (Lipinski definition) is 5. The first-order valence-corrected chi connectivity index (χ1v) is 12.3. The molecule has 4 aromatic rings. The van der Waals surface area contributed by atoms with Gasteiger partial charge in [-0.25, -0.2) is 4.68 Å². The highest BCUT2D eigenvalue weighted by atomic mass is 16.5. The number of carbonyl (C=O) groups is 2. The number of nitrogens with zero attached hydrogens (tertiary/aromatic N) is 4. The van der Waals surface area contributed by atoms with Crippen LogP contribution in [-0.4, -0.2) is 66.4 Å². The summed E-state index contributed by atoms with van der Waals surface area (Å²) in [7, 11) is 1.62. The zero-order chi connectivity index (χ0) is 25.6. The lowest BCUT2D eigenvalue weighted by Gasteiger charge is -2.28. The van der Waals surface area contributed by atoms with Crippen LogP contribution in [0.5, 0.6) is 0 Å². The van der Waals surface area contributed by atoms with Crippen molar-refractivity contribution in [3.05, 3.63) is 96.7 Å². The number of aromatic nitrogens is 2. The van der Waals surface area contributed by atoms with E-state index in [-0.39, 0.29) is 18.4 Å². The highest BCUT2D eigenvalue weighted by Crippen LogP contribution is 2.23. The van der Waals surface area contributed by atoms with E-state index in [1.165, 1.54) is 4.90 Å². The topological polar surface area (TPSA) is 79.7 Å². The molecule has 1 fully saturated rings. The van der Waals surface area contributed by atoms with Crippen molar-refractivity contribution in [2.75, 3.05) is 50.1 Å². The molecule has 1 aliphatic heterocycles. The number of morpholine rings is 1. The zero-order valence-electron chi connectivity index (χ0n) is 20.7. The van der Waals surface area contributed by atoms with Gasteiger partial charge in [-0.3, -0.25) is 9.59 Å². The van der Waals surface area contributed by atoms with Crippen molar-refractivity contribution in [3.63, 3.8) is 0 Å². The number of ether oxygens (including phenoxy) is 1. The van der Waals surface area contributed by atoms with Crippen LogP contribution in [0.3, 0.4) is 0 Å². The van der Waals surface area contributed by atoms with Crippen molar-refractivity contribution >= 4 is 23.2 Å². The average Bonchev–Trinajstić information content (AvgIpc) is 3.44. The summed E-state index contributed by atoms with van der Waals surface area (Å²) < 4.78 is 7.20. The molecule has 1 aliphatic rings. The Labute approximate surface area is 216 Å². The average molecular weight is 496 g/mol. The molecular formula is C29H29N5O3. The van der Waals surface area contributed by atoms with Crippen LogP contribution in [0.25, 0.3) is 16.9 Å². The van der Waals surface area contributed by atoms with Gasteiger partial charge in [0.05, 0.1) is 37.3 Å². The van der Waals surface area contributed by atoms with E-state index in [4.69, 9.17) is 4.74 Å². The number of hydrogen-bond donors (Lipinski definition) is 1. The standard InChI is InChI=1S/C29H29N5O3/c1-32(21-28(35)31-24-10-12-25(13-11-24)33-16-18-37-19-17-33)29(36)23-8-5-9-26(20-23)34-27(14-15-30-34)22-6-3-2-4-7-22/h2-15,20H,16-19,21H2,1H3,(H,31,35). The van der Waals surface area contributed by atoms with Gasteiger partial charge in [0.2, 0.25) is 5.91 Å². The van der Waals surface area contributed by atoms with E-state index in [1.54, 1.807) is 30.1 Å². The van der Waals surface area contributed by atoms with E-state index < -0.39 is 0 Å². The minimum Gasteiger partial charge on any atom is -0.378 e. The normalized spacial score (nSPS) is 13.3. The maximum Gasteiger partial charge on any atom is 0.254 e. The van der Waals surface area contributed by atoms with Crippen LogP contribution in [0.15, 0.2) is 91.1 Å². The molecule has 8 nitrogen and oxygen atoms in total. The molecule has 0 aliphatic carbocycles. The Balaban J connectivity index is 1.22. The Morgan fingerprint density at radius 2 is 1.68 bits per heavy atom. The molecule has 0 unspecified atom stereocenters. The minimum atomic E-state index is -0.260. The van der Waals surface area contributed by atoms with Gasteiger partial charge in [0, 0.05) is 42.6 Å². The lowest BCUT2D eigenvalue weighted by Crippen LogP contribution is -2.36. The molecule has 37 heavy (non-hydrogen) atoms. The lowest BCUT2D eigenvalue weighted by atomic mass is 10.1. The quantitative estimate of drug-likeness (QED) is 0.418. The molecule has 2 amide bonds. The highest BCUT2D eigenvalue weighted by Gasteiger charge is 2.17. The van der Waals surface area contributed by atoms with Gasteiger partial charge in [0.1, 0.15) is 0 Å². The SMILES string of the molecule is CN(CC(=O)Nc1ccc(N2CCOCC2)cc1)C(=O)c1cccc(-n2nccc2-c2ccccc2)c1. The first kappa shape index (κ1) is 24.3. The molecule has 2 heterocycles. The fourth-order valence-electron chi connectivity index (χ4n) is 4.39. The van der Waals surface area contributed by atoms with Crippen LogP contribution in [0.1, 0.15) is 10.4 Å². The van der Waals surface area contributed by atoms with Gasteiger partial charge in [0.15, 0.2) is 0 Å². The molecule has 0 spiro atoms. The third-order valence-electron chi connectivity index (χ3n) is 6.30. The first-order chi connectivity index (χ1) is 18.1. The molecule has 0 atom stereocenters. The first-order valence-electron chi connectivity index (χ1n) is 12.3. The summed E-state index contributed by atoms with van der Waals surface area (Å²) in [5.41, 5.74) is 5.00. The van der Waals surface area contributed by atoms with Crippen LogP contribution in [-0.2, 0) is 9.53 Å². The van der Waals surface area contributed by atoms with Gasteiger partial charge in [0.25, 0.3) is 5.91 Å². The smallest absolute Gasteiger partial charge is 0.254 e. The molecule has 188 valence electrons. The van der Waals surface area contributed by atoms with Gasteiger partial charge in [-0.05, 0) is 48.5 Å². The third kappa shape index (κ3) is 5.70. The van der Waals surface area contributed by atoms with Crippen LogP contribution in [0.4, 0.5) is 11.4 Å². The Morgan fingerprint density at radius 1 is 0.919 bits per heavy atom. The van der Waals surface area contributed by atoms with Crippen molar-refractivity contribution < 1.29 is 14.3 Å². The van der Waals surface area contributed by atoms with Gasteiger partial charge in [-0.2, -0.15) is 5.10 Å². The third-order valence-corrected chi connectivity index (χ3v) is 6.30. The minimum absolute atomic E-state index is 0.0642. The van der Waals surface area contributed by atoms with Crippen LogP contribution in [0.2, 0.25) is 0 Å². The maximum absolute atomic E-state index is 13.1.